The van der Waals surface area contributed by atoms with E-state index >= 15 is 0 Å². The number of nitrogens with zero attached hydrogens (tertiary/aromatic N) is 3. The lowest BCUT2D eigenvalue weighted by molar-refractivity contribution is 0.669. The molecule has 0 spiro atoms. The highest BCUT2D eigenvalue weighted by Crippen LogP contribution is 2.44. The van der Waals surface area contributed by atoms with E-state index < -0.39 is 0 Å². The number of hydrogen-bond donors (Lipinski definition) is 0. The van der Waals surface area contributed by atoms with Crippen molar-refractivity contribution < 1.29 is 4.42 Å². The lowest BCUT2D eigenvalue weighted by Gasteiger charge is -2.17. The van der Waals surface area contributed by atoms with Gasteiger partial charge in [0.1, 0.15) is 11.2 Å². The smallest absolute Gasteiger partial charge is 0.167 e. The van der Waals surface area contributed by atoms with Crippen molar-refractivity contribution in [2.24, 2.45) is 0 Å². The van der Waals surface area contributed by atoms with E-state index in [1.165, 1.54) is 60.1 Å². The normalized spacial score (nSPS) is 11.7. The van der Waals surface area contributed by atoms with Crippen molar-refractivity contribution in [3.8, 4) is 67.5 Å². The van der Waals surface area contributed by atoms with Crippen molar-refractivity contribution in [3.05, 3.63) is 224 Å². The number of furan rings is 1. The molecule has 13 rings (SSSR count). The Hall–Kier alpha value is -8.73. The van der Waals surface area contributed by atoms with Gasteiger partial charge in [0.25, 0.3) is 0 Å². The Morgan fingerprint density at radius 2 is 0.815 bits per heavy atom. The second-order valence-corrected chi connectivity index (χ2v) is 16.6. The summed E-state index contributed by atoms with van der Waals surface area (Å²) in [5.74, 6) is 1.76. The maximum Gasteiger partial charge on any atom is 0.167 e. The van der Waals surface area contributed by atoms with Crippen LogP contribution in [0.2, 0.25) is 0 Å². The molecular formula is C61H37N3O. The predicted octanol–water partition coefficient (Wildman–Crippen LogP) is 16.4. The Morgan fingerprint density at radius 1 is 0.262 bits per heavy atom. The molecule has 11 aromatic carbocycles. The van der Waals surface area contributed by atoms with Crippen LogP contribution in [0.5, 0.6) is 0 Å². The number of hydrogen-bond acceptors (Lipinski definition) is 4. The van der Waals surface area contributed by atoms with Crippen LogP contribution in [0.3, 0.4) is 0 Å². The summed E-state index contributed by atoms with van der Waals surface area (Å²) in [6.45, 7) is 0. The molecule has 0 N–H and O–H groups in total. The van der Waals surface area contributed by atoms with Crippen LogP contribution in [0.15, 0.2) is 229 Å². The van der Waals surface area contributed by atoms with Crippen molar-refractivity contribution in [2.75, 3.05) is 0 Å². The lowest BCUT2D eigenvalue weighted by atomic mass is 9.86. The highest BCUT2D eigenvalue weighted by molar-refractivity contribution is 6.18. The number of benzene rings is 11. The Labute approximate surface area is 374 Å². The van der Waals surface area contributed by atoms with E-state index in [1.807, 2.05) is 54.6 Å². The summed E-state index contributed by atoms with van der Waals surface area (Å²) in [7, 11) is 0. The molecule has 0 saturated heterocycles. The monoisotopic (exact) mass is 827 g/mol. The van der Waals surface area contributed by atoms with Gasteiger partial charge in [0.15, 0.2) is 17.5 Å². The topological polar surface area (TPSA) is 51.8 Å². The zero-order valence-corrected chi connectivity index (χ0v) is 35.1. The van der Waals surface area contributed by atoms with Gasteiger partial charge in [-0.1, -0.05) is 194 Å². The first kappa shape index (κ1) is 36.9. The van der Waals surface area contributed by atoms with E-state index in [9.17, 15) is 0 Å². The van der Waals surface area contributed by atoms with Crippen LogP contribution in [0.1, 0.15) is 0 Å². The first-order valence-corrected chi connectivity index (χ1v) is 22.0. The molecule has 0 amide bonds. The van der Waals surface area contributed by atoms with Gasteiger partial charge in [0, 0.05) is 21.9 Å². The first-order chi connectivity index (χ1) is 32.2. The van der Waals surface area contributed by atoms with E-state index in [1.54, 1.807) is 0 Å². The predicted molar refractivity (Wildman–Crippen MR) is 270 cm³/mol. The largest absolute Gasteiger partial charge is 0.455 e. The summed E-state index contributed by atoms with van der Waals surface area (Å²) in [6, 6.07) is 79.7. The third-order valence-electron chi connectivity index (χ3n) is 12.9. The summed E-state index contributed by atoms with van der Waals surface area (Å²) in [4.78, 5) is 15.6. The van der Waals surface area contributed by atoms with Gasteiger partial charge in [-0.25, -0.2) is 15.0 Å². The van der Waals surface area contributed by atoms with Crippen molar-refractivity contribution in [1.82, 2.24) is 15.0 Å². The molecule has 0 aliphatic carbocycles. The third kappa shape index (κ3) is 6.11. The van der Waals surface area contributed by atoms with Crippen LogP contribution < -0.4 is 0 Å². The van der Waals surface area contributed by atoms with Gasteiger partial charge in [0.2, 0.25) is 0 Å². The molecule has 2 heterocycles. The second-order valence-electron chi connectivity index (χ2n) is 16.6. The van der Waals surface area contributed by atoms with Crippen LogP contribution in [0.4, 0.5) is 0 Å². The maximum absolute atomic E-state index is 6.50. The molecule has 0 bridgehead atoms. The molecule has 65 heavy (non-hydrogen) atoms. The number of aromatic nitrogens is 3. The minimum absolute atomic E-state index is 0.561. The number of fused-ring (bicyclic) bond motifs is 8. The summed E-state index contributed by atoms with van der Waals surface area (Å²) in [5, 5.41) is 11.6. The molecule has 4 heteroatoms. The van der Waals surface area contributed by atoms with E-state index in [2.05, 4.69) is 170 Å². The number of rotatable bonds is 6. The SMILES string of the molecule is c1ccc(-c2nc(-c3ccc(-c4cc5ccc(-c6c(-c7ccccc7)ccc7ccccc67)cc5c5ccccc45)c4ccccc34)nc(-c3cccc4c3oc3ccccc34)n2)cc1. The van der Waals surface area contributed by atoms with E-state index in [0.29, 0.717) is 17.5 Å². The maximum atomic E-state index is 6.50. The fourth-order valence-corrected chi connectivity index (χ4v) is 9.91. The Kier molecular flexibility index (Phi) is 8.50. The summed E-state index contributed by atoms with van der Waals surface area (Å²) >= 11 is 0. The van der Waals surface area contributed by atoms with Gasteiger partial charge in [-0.05, 0) is 107 Å². The van der Waals surface area contributed by atoms with Crippen LogP contribution in [0.25, 0.3) is 133 Å². The summed E-state index contributed by atoms with van der Waals surface area (Å²) < 4.78 is 6.50. The molecule has 0 atom stereocenters. The Morgan fingerprint density at radius 3 is 1.60 bits per heavy atom. The van der Waals surface area contributed by atoms with E-state index in [0.717, 1.165) is 55.0 Å². The van der Waals surface area contributed by atoms with Crippen LogP contribution in [-0.4, -0.2) is 15.0 Å². The van der Waals surface area contributed by atoms with Crippen LogP contribution in [-0.2, 0) is 0 Å². The van der Waals surface area contributed by atoms with Crippen molar-refractivity contribution in [1.29, 1.82) is 0 Å². The quantitative estimate of drug-likeness (QED) is 0.157. The molecule has 13 aromatic rings. The van der Waals surface area contributed by atoms with E-state index in [-0.39, 0.29) is 0 Å². The van der Waals surface area contributed by atoms with Crippen molar-refractivity contribution >= 4 is 65.0 Å². The molecule has 0 unspecified atom stereocenters. The lowest BCUT2D eigenvalue weighted by Crippen LogP contribution is -2.01. The fraction of sp³-hybridized carbons (Fsp3) is 0. The Balaban J connectivity index is 0.993. The average Bonchev–Trinajstić information content (AvgIpc) is 3.77. The summed E-state index contributed by atoms with van der Waals surface area (Å²) in [5.41, 5.74) is 11.5. The van der Waals surface area contributed by atoms with Crippen molar-refractivity contribution in [3.63, 3.8) is 0 Å². The fourth-order valence-electron chi connectivity index (χ4n) is 9.91. The molecule has 0 aliphatic heterocycles. The first-order valence-electron chi connectivity index (χ1n) is 22.0. The molecule has 302 valence electrons. The average molecular weight is 828 g/mol. The van der Waals surface area contributed by atoms with Gasteiger partial charge in [-0.15, -0.1) is 0 Å². The molecular weight excluding hydrogens is 791 g/mol. The minimum atomic E-state index is 0.561. The standard InChI is InChI=1S/C61H37N3O/c1-3-16-38(17-4-1)44-33-32-39-18-7-8-21-43(39)57(44)42-31-30-41-36-55(48-25-12-11-24-47(48)54(41)37-42)49-34-35-52(46-23-10-9-22-45(46)49)60-62-59(40-19-5-2-6-20-40)63-61(64-60)53-28-15-27-51-50-26-13-14-29-56(50)65-58(51)53/h1-37H. The van der Waals surface area contributed by atoms with Crippen LogP contribution >= 0.6 is 0 Å². The molecule has 0 saturated carbocycles. The highest BCUT2D eigenvalue weighted by atomic mass is 16.3. The molecule has 4 nitrogen and oxygen atoms in total. The van der Waals surface area contributed by atoms with Gasteiger partial charge in [-0.3, -0.25) is 0 Å². The van der Waals surface area contributed by atoms with Gasteiger partial charge < -0.3 is 4.42 Å². The zero-order valence-electron chi connectivity index (χ0n) is 35.1. The minimum Gasteiger partial charge on any atom is -0.455 e. The second kappa shape index (κ2) is 15.0. The van der Waals surface area contributed by atoms with Gasteiger partial charge in [0.05, 0.1) is 5.56 Å². The number of para-hydroxylation sites is 2. The molecule has 2 aromatic heterocycles. The molecule has 0 fully saturated rings. The van der Waals surface area contributed by atoms with Gasteiger partial charge in [-0.2, -0.15) is 0 Å². The Bertz CT molecular complexity index is 4000. The molecule has 0 aliphatic rings. The van der Waals surface area contributed by atoms with Crippen LogP contribution in [0, 0.1) is 0 Å². The molecule has 0 radical (unpaired) electrons. The zero-order chi connectivity index (χ0) is 42.8. The van der Waals surface area contributed by atoms with Gasteiger partial charge >= 0.3 is 0 Å². The highest BCUT2D eigenvalue weighted by Gasteiger charge is 2.21. The summed E-state index contributed by atoms with van der Waals surface area (Å²) in [6.07, 6.45) is 0. The van der Waals surface area contributed by atoms with E-state index in [4.69, 9.17) is 19.4 Å². The van der Waals surface area contributed by atoms with Crippen molar-refractivity contribution in [2.45, 2.75) is 0 Å². The third-order valence-corrected chi connectivity index (χ3v) is 12.9.